The first kappa shape index (κ1) is 19.2. The number of rotatable bonds is 3. The lowest BCUT2D eigenvalue weighted by Crippen LogP contribution is -2.51. The zero-order valence-corrected chi connectivity index (χ0v) is 17.0. The average Bonchev–Trinajstić information content (AvgIpc) is 2.97. The lowest BCUT2D eigenvalue weighted by molar-refractivity contribution is -0.149. The van der Waals surface area contributed by atoms with Crippen LogP contribution in [-0.4, -0.2) is 29.6 Å². The fraction of sp³-hybridized carbons (Fsp3) is 0.826. The number of aliphatic hydroxyl groups is 1. The quantitative estimate of drug-likeness (QED) is 0.598. The maximum atomic E-state index is 12.8. The highest BCUT2D eigenvalue weighted by Crippen LogP contribution is 2.66. The van der Waals surface area contributed by atoms with E-state index >= 15 is 0 Å². The molecule has 150 valence electrons. The molecule has 4 aliphatic rings. The highest BCUT2D eigenvalue weighted by molar-refractivity contribution is 5.85. The van der Waals surface area contributed by atoms with Crippen LogP contribution in [0.15, 0.2) is 11.6 Å². The number of Topliss-reactive ketones (excluding diaryl/α,β-unsaturated/α-hetero) is 1. The first-order valence-electron chi connectivity index (χ1n) is 10.8. The maximum Gasteiger partial charge on any atom is 0.303 e. The second kappa shape index (κ2) is 6.72. The minimum atomic E-state index is -0.371. The molecule has 4 rings (SSSR count). The van der Waals surface area contributed by atoms with Crippen LogP contribution in [0.2, 0.25) is 0 Å². The van der Waals surface area contributed by atoms with Crippen molar-refractivity contribution in [2.24, 2.45) is 34.5 Å². The van der Waals surface area contributed by atoms with Gasteiger partial charge in [0, 0.05) is 12.8 Å². The van der Waals surface area contributed by atoms with Crippen LogP contribution >= 0.6 is 0 Å². The molecule has 1 N–H and O–H groups in total. The van der Waals surface area contributed by atoms with Crippen LogP contribution in [0, 0.1) is 34.5 Å². The molecule has 0 saturated heterocycles. The largest absolute Gasteiger partial charge is 0.458 e. The minimum absolute atomic E-state index is 0.0363. The molecule has 0 aromatic carbocycles. The second-order valence-electron chi connectivity index (χ2n) is 10.1. The lowest BCUT2D eigenvalue weighted by Gasteiger charge is -2.57. The van der Waals surface area contributed by atoms with Crippen molar-refractivity contribution >= 4 is 11.8 Å². The molecule has 0 amide bonds. The van der Waals surface area contributed by atoms with Gasteiger partial charge >= 0.3 is 5.97 Å². The summed E-state index contributed by atoms with van der Waals surface area (Å²) in [5, 5.41) is 10.1. The van der Waals surface area contributed by atoms with Crippen LogP contribution < -0.4 is 0 Å². The number of ether oxygens (including phenoxy) is 1. The normalized spacial score (nSPS) is 45.9. The minimum Gasteiger partial charge on any atom is -0.458 e. The van der Waals surface area contributed by atoms with E-state index in [1.54, 1.807) is 0 Å². The van der Waals surface area contributed by atoms with Crippen molar-refractivity contribution in [1.29, 1.82) is 0 Å². The zero-order valence-electron chi connectivity index (χ0n) is 17.0. The number of fused-ring (bicyclic) bond motifs is 5. The van der Waals surface area contributed by atoms with E-state index in [9.17, 15) is 14.7 Å². The molecule has 0 bridgehead atoms. The van der Waals surface area contributed by atoms with Crippen molar-refractivity contribution in [2.75, 3.05) is 6.61 Å². The predicted octanol–water partition coefficient (Wildman–Crippen LogP) is 4.06. The number of aliphatic hydroxyl groups excluding tert-OH is 1. The summed E-state index contributed by atoms with van der Waals surface area (Å²) in [6.07, 6.45) is 10.6. The molecule has 27 heavy (non-hydrogen) atoms. The Balaban J connectivity index is 1.55. The molecule has 0 radical (unpaired) electrons. The SMILES string of the molecule is CC(=O)OCC(=O)C1CC[C@H]2[C@@H]3CC=C4C[C@@H](O)CC[C@]4(C)[C@H]3CC[C@]12C. The van der Waals surface area contributed by atoms with Gasteiger partial charge in [0.05, 0.1) is 6.10 Å². The summed E-state index contributed by atoms with van der Waals surface area (Å²) >= 11 is 0. The fourth-order valence-corrected chi connectivity index (χ4v) is 7.44. The highest BCUT2D eigenvalue weighted by Gasteiger charge is 2.59. The molecule has 7 atom stereocenters. The lowest BCUT2D eigenvalue weighted by atomic mass is 9.47. The topological polar surface area (TPSA) is 63.6 Å². The number of carbonyl (C=O) groups excluding carboxylic acids is 2. The summed E-state index contributed by atoms with van der Waals surface area (Å²) in [6.45, 7) is 6.06. The van der Waals surface area contributed by atoms with Gasteiger partial charge in [-0.05, 0) is 80.0 Å². The summed E-state index contributed by atoms with van der Waals surface area (Å²) in [6, 6.07) is 0. The van der Waals surface area contributed by atoms with Gasteiger partial charge < -0.3 is 9.84 Å². The van der Waals surface area contributed by atoms with Gasteiger partial charge in [-0.15, -0.1) is 0 Å². The number of carbonyl (C=O) groups is 2. The zero-order chi connectivity index (χ0) is 19.4. The number of allylic oxidation sites excluding steroid dienone is 1. The molecule has 3 saturated carbocycles. The van der Waals surface area contributed by atoms with Crippen LogP contribution in [0.25, 0.3) is 0 Å². The molecule has 4 aliphatic carbocycles. The van der Waals surface area contributed by atoms with Crippen LogP contribution in [0.3, 0.4) is 0 Å². The smallest absolute Gasteiger partial charge is 0.303 e. The van der Waals surface area contributed by atoms with Crippen LogP contribution in [0.4, 0.5) is 0 Å². The Morgan fingerprint density at radius 2 is 1.93 bits per heavy atom. The first-order chi connectivity index (χ1) is 12.8. The predicted molar refractivity (Wildman–Crippen MR) is 103 cm³/mol. The number of ketones is 1. The van der Waals surface area contributed by atoms with Crippen LogP contribution in [0.5, 0.6) is 0 Å². The standard InChI is InChI=1S/C23H34O4/c1-14(24)27-13-21(26)20-7-6-18-17-5-4-15-12-16(25)8-10-22(15,2)19(17)9-11-23(18,20)3/h4,16-20,25H,5-13H2,1-3H3/t16-,17-,18-,19-,20?,22-,23-/m0/s1. The number of hydrogen-bond acceptors (Lipinski definition) is 4. The Labute approximate surface area is 162 Å². The van der Waals surface area contributed by atoms with Gasteiger partial charge in [0.15, 0.2) is 5.78 Å². The van der Waals surface area contributed by atoms with E-state index in [-0.39, 0.29) is 41.2 Å². The van der Waals surface area contributed by atoms with Gasteiger partial charge in [-0.25, -0.2) is 0 Å². The van der Waals surface area contributed by atoms with Crippen molar-refractivity contribution < 1.29 is 19.4 Å². The summed E-state index contributed by atoms with van der Waals surface area (Å²) in [7, 11) is 0. The van der Waals surface area contributed by atoms with E-state index in [1.807, 2.05) is 0 Å². The Kier molecular flexibility index (Phi) is 4.77. The van der Waals surface area contributed by atoms with Crippen molar-refractivity contribution in [3.8, 4) is 0 Å². The third-order valence-corrected chi connectivity index (χ3v) is 8.88. The van der Waals surface area contributed by atoms with Gasteiger partial charge in [0.25, 0.3) is 0 Å². The highest BCUT2D eigenvalue weighted by atomic mass is 16.5. The fourth-order valence-electron chi connectivity index (χ4n) is 7.44. The Morgan fingerprint density at radius 3 is 2.67 bits per heavy atom. The van der Waals surface area contributed by atoms with E-state index in [0.29, 0.717) is 17.8 Å². The molecule has 0 spiro atoms. The maximum absolute atomic E-state index is 12.8. The molecule has 0 aliphatic heterocycles. The molecular formula is C23H34O4. The second-order valence-corrected chi connectivity index (χ2v) is 10.1. The van der Waals surface area contributed by atoms with Gasteiger partial charge in [-0.1, -0.05) is 25.5 Å². The number of esters is 1. The summed E-state index contributed by atoms with van der Waals surface area (Å²) in [5.41, 5.74) is 1.78. The number of hydrogen-bond donors (Lipinski definition) is 1. The molecular weight excluding hydrogens is 340 g/mol. The van der Waals surface area contributed by atoms with Gasteiger partial charge in [-0.2, -0.15) is 0 Å². The van der Waals surface area contributed by atoms with Crippen molar-refractivity contribution in [1.82, 2.24) is 0 Å². The molecule has 0 aromatic heterocycles. The van der Waals surface area contributed by atoms with Crippen LogP contribution in [-0.2, 0) is 14.3 Å². The Bertz CT molecular complexity index is 667. The first-order valence-corrected chi connectivity index (χ1v) is 10.8. The third-order valence-electron chi connectivity index (χ3n) is 8.88. The van der Waals surface area contributed by atoms with Gasteiger partial charge in [0.1, 0.15) is 6.61 Å². The molecule has 0 heterocycles. The molecule has 1 unspecified atom stereocenters. The van der Waals surface area contributed by atoms with E-state index in [1.165, 1.54) is 18.9 Å². The van der Waals surface area contributed by atoms with Gasteiger partial charge in [-0.3, -0.25) is 9.59 Å². The van der Waals surface area contributed by atoms with E-state index in [4.69, 9.17) is 4.74 Å². The Hall–Kier alpha value is -1.16. The van der Waals surface area contributed by atoms with Crippen molar-refractivity contribution in [2.45, 2.75) is 78.2 Å². The Morgan fingerprint density at radius 1 is 1.15 bits per heavy atom. The summed E-state index contributed by atoms with van der Waals surface area (Å²) < 4.78 is 5.02. The summed E-state index contributed by atoms with van der Waals surface area (Å²) in [4.78, 5) is 23.9. The third kappa shape index (κ3) is 2.99. The molecule has 4 heteroatoms. The molecule has 0 aromatic rings. The van der Waals surface area contributed by atoms with Gasteiger partial charge in [0.2, 0.25) is 0 Å². The van der Waals surface area contributed by atoms with E-state index in [2.05, 4.69) is 19.9 Å². The van der Waals surface area contributed by atoms with Crippen molar-refractivity contribution in [3.63, 3.8) is 0 Å². The van der Waals surface area contributed by atoms with E-state index in [0.717, 1.165) is 44.9 Å². The average molecular weight is 375 g/mol. The molecule has 3 fully saturated rings. The van der Waals surface area contributed by atoms with Crippen molar-refractivity contribution in [3.05, 3.63) is 11.6 Å². The molecule has 4 nitrogen and oxygen atoms in total. The monoisotopic (exact) mass is 374 g/mol. The van der Waals surface area contributed by atoms with E-state index < -0.39 is 0 Å². The van der Waals surface area contributed by atoms with Crippen LogP contribution in [0.1, 0.15) is 72.1 Å². The summed E-state index contributed by atoms with van der Waals surface area (Å²) in [5.74, 6) is 1.71.